The molecule has 2 aromatic carbocycles. The quantitative estimate of drug-likeness (QED) is 0.719. The first kappa shape index (κ1) is 16.0. The van der Waals surface area contributed by atoms with Crippen molar-refractivity contribution in [3.8, 4) is 34.2 Å². The van der Waals surface area contributed by atoms with Gasteiger partial charge >= 0.3 is 0 Å². The van der Waals surface area contributed by atoms with Crippen molar-refractivity contribution in [3.63, 3.8) is 0 Å². The van der Waals surface area contributed by atoms with Crippen molar-refractivity contribution in [2.24, 2.45) is 0 Å². The molecule has 0 aliphatic carbocycles. The molecule has 4 nitrogen and oxygen atoms in total. The van der Waals surface area contributed by atoms with Gasteiger partial charge in [0.05, 0.1) is 12.8 Å². The molecule has 24 heavy (non-hydrogen) atoms. The summed E-state index contributed by atoms with van der Waals surface area (Å²) in [5.41, 5.74) is 9.70. The van der Waals surface area contributed by atoms with E-state index in [1.165, 1.54) is 0 Å². The molecule has 0 unspecified atom stereocenters. The standard InChI is InChI=1S/C19H14BrN3O/c1-24-15-7-5-12(6-8-15)18-10-16(17(11-21)19(22)23-18)13-3-2-4-14(20)9-13/h2-10H,1H3,(H2,22,23). The van der Waals surface area contributed by atoms with Gasteiger partial charge in [-0.25, -0.2) is 4.98 Å². The molecule has 0 bridgehead atoms. The third-order valence-corrected chi connectivity index (χ3v) is 4.17. The minimum Gasteiger partial charge on any atom is -0.497 e. The van der Waals surface area contributed by atoms with Gasteiger partial charge in [0.1, 0.15) is 23.2 Å². The fourth-order valence-electron chi connectivity index (χ4n) is 2.48. The number of pyridine rings is 1. The first-order valence-electron chi connectivity index (χ1n) is 7.23. The van der Waals surface area contributed by atoms with Gasteiger partial charge < -0.3 is 10.5 Å². The molecular formula is C19H14BrN3O. The summed E-state index contributed by atoms with van der Waals surface area (Å²) in [4.78, 5) is 4.38. The molecule has 0 aliphatic rings. The second kappa shape index (κ2) is 6.73. The number of aromatic nitrogens is 1. The Morgan fingerprint density at radius 1 is 1.08 bits per heavy atom. The first-order valence-corrected chi connectivity index (χ1v) is 8.02. The number of hydrogen-bond acceptors (Lipinski definition) is 4. The van der Waals surface area contributed by atoms with Crippen molar-refractivity contribution in [1.82, 2.24) is 4.98 Å². The van der Waals surface area contributed by atoms with Gasteiger partial charge in [0.2, 0.25) is 0 Å². The lowest BCUT2D eigenvalue weighted by Gasteiger charge is -2.11. The highest BCUT2D eigenvalue weighted by Gasteiger charge is 2.13. The Labute approximate surface area is 148 Å². The maximum atomic E-state index is 9.46. The second-order valence-corrected chi connectivity index (χ2v) is 6.08. The number of halogens is 1. The predicted octanol–water partition coefficient (Wildman–Crippen LogP) is 4.64. The summed E-state index contributed by atoms with van der Waals surface area (Å²) in [5, 5.41) is 9.46. The average Bonchev–Trinajstić information content (AvgIpc) is 2.61. The largest absolute Gasteiger partial charge is 0.497 e. The molecule has 3 rings (SSSR count). The molecule has 0 saturated carbocycles. The SMILES string of the molecule is COc1ccc(-c2cc(-c3cccc(Br)c3)c(C#N)c(N)n2)cc1. The lowest BCUT2D eigenvalue weighted by Crippen LogP contribution is -1.99. The van der Waals surface area contributed by atoms with Crippen LogP contribution in [0, 0.1) is 11.3 Å². The van der Waals surface area contributed by atoms with Gasteiger partial charge in [-0.3, -0.25) is 0 Å². The molecule has 0 aliphatic heterocycles. The number of nitriles is 1. The molecule has 0 fully saturated rings. The molecule has 0 atom stereocenters. The first-order chi connectivity index (χ1) is 11.6. The molecule has 0 amide bonds. The minimum absolute atomic E-state index is 0.223. The highest BCUT2D eigenvalue weighted by Crippen LogP contribution is 2.32. The van der Waals surface area contributed by atoms with Gasteiger partial charge in [0.15, 0.2) is 0 Å². The Bertz CT molecular complexity index is 930. The number of nitrogen functional groups attached to an aromatic ring is 1. The van der Waals surface area contributed by atoms with E-state index in [1.807, 2.05) is 54.6 Å². The molecular weight excluding hydrogens is 366 g/mol. The summed E-state index contributed by atoms with van der Waals surface area (Å²) < 4.78 is 6.11. The molecule has 118 valence electrons. The predicted molar refractivity (Wildman–Crippen MR) is 98.5 cm³/mol. The number of rotatable bonds is 3. The van der Waals surface area contributed by atoms with Gasteiger partial charge in [0, 0.05) is 15.6 Å². The zero-order chi connectivity index (χ0) is 17.1. The summed E-state index contributed by atoms with van der Waals surface area (Å²) in [7, 11) is 1.62. The summed E-state index contributed by atoms with van der Waals surface area (Å²) in [6.07, 6.45) is 0. The van der Waals surface area contributed by atoms with E-state index in [-0.39, 0.29) is 5.82 Å². The number of nitrogens with two attached hydrogens (primary N) is 1. The summed E-state index contributed by atoms with van der Waals surface area (Å²) >= 11 is 3.46. The van der Waals surface area contributed by atoms with Crippen molar-refractivity contribution in [2.75, 3.05) is 12.8 Å². The number of ether oxygens (including phenoxy) is 1. The van der Waals surface area contributed by atoms with Gasteiger partial charge in [-0.2, -0.15) is 5.26 Å². The normalized spacial score (nSPS) is 10.2. The smallest absolute Gasteiger partial charge is 0.142 e. The van der Waals surface area contributed by atoms with Crippen molar-refractivity contribution in [1.29, 1.82) is 5.26 Å². The van der Waals surface area contributed by atoms with Gasteiger partial charge in [-0.05, 0) is 48.0 Å². The van der Waals surface area contributed by atoms with Crippen molar-refractivity contribution in [2.45, 2.75) is 0 Å². The molecule has 0 spiro atoms. The van der Waals surface area contributed by atoms with Crippen LogP contribution in [0.2, 0.25) is 0 Å². The van der Waals surface area contributed by atoms with Crippen LogP contribution in [0.15, 0.2) is 59.1 Å². The van der Waals surface area contributed by atoms with Crippen LogP contribution < -0.4 is 10.5 Å². The van der Waals surface area contributed by atoms with E-state index < -0.39 is 0 Å². The summed E-state index contributed by atoms with van der Waals surface area (Å²) in [5.74, 6) is 0.994. The fourth-order valence-corrected chi connectivity index (χ4v) is 2.87. The molecule has 1 heterocycles. The van der Waals surface area contributed by atoms with Crippen LogP contribution in [0.25, 0.3) is 22.4 Å². The second-order valence-electron chi connectivity index (χ2n) is 5.17. The van der Waals surface area contributed by atoms with E-state index >= 15 is 0 Å². The van der Waals surface area contributed by atoms with Crippen LogP contribution in [-0.2, 0) is 0 Å². The van der Waals surface area contributed by atoms with Crippen LogP contribution in [0.4, 0.5) is 5.82 Å². The van der Waals surface area contributed by atoms with E-state index in [9.17, 15) is 5.26 Å². The minimum atomic E-state index is 0.223. The van der Waals surface area contributed by atoms with Crippen molar-refractivity contribution < 1.29 is 4.74 Å². The van der Waals surface area contributed by atoms with Crippen LogP contribution >= 0.6 is 15.9 Å². The monoisotopic (exact) mass is 379 g/mol. The Balaban J connectivity index is 2.18. The topological polar surface area (TPSA) is 71.9 Å². The van der Waals surface area contributed by atoms with Crippen molar-refractivity contribution >= 4 is 21.7 Å². The van der Waals surface area contributed by atoms with Gasteiger partial charge in [-0.1, -0.05) is 28.1 Å². The Hall–Kier alpha value is -2.84. The Morgan fingerprint density at radius 3 is 2.46 bits per heavy atom. The maximum absolute atomic E-state index is 9.46. The lowest BCUT2D eigenvalue weighted by atomic mass is 9.98. The number of benzene rings is 2. The van der Waals surface area contributed by atoms with E-state index in [1.54, 1.807) is 7.11 Å². The highest BCUT2D eigenvalue weighted by molar-refractivity contribution is 9.10. The molecule has 3 aromatic rings. The maximum Gasteiger partial charge on any atom is 0.142 e. The highest BCUT2D eigenvalue weighted by atomic mass is 79.9. The van der Waals surface area contributed by atoms with E-state index in [2.05, 4.69) is 27.0 Å². The molecule has 0 radical (unpaired) electrons. The van der Waals surface area contributed by atoms with E-state index in [0.29, 0.717) is 11.3 Å². The van der Waals surface area contributed by atoms with Gasteiger partial charge in [0.25, 0.3) is 0 Å². The third kappa shape index (κ3) is 3.10. The Morgan fingerprint density at radius 2 is 1.83 bits per heavy atom. The Kier molecular flexibility index (Phi) is 4.50. The number of nitrogens with zero attached hydrogens (tertiary/aromatic N) is 2. The zero-order valence-corrected chi connectivity index (χ0v) is 14.5. The fraction of sp³-hybridized carbons (Fsp3) is 0.0526. The molecule has 5 heteroatoms. The van der Waals surface area contributed by atoms with Crippen LogP contribution in [0.1, 0.15) is 5.56 Å². The number of methoxy groups -OCH3 is 1. The molecule has 1 aromatic heterocycles. The van der Waals surface area contributed by atoms with Crippen LogP contribution in [0.3, 0.4) is 0 Å². The number of anilines is 1. The van der Waals surface area contributed by atoms with E-state index in [4.69, 9.17) is 10.5 Å². The van der Waals surface area contributed by atoms with Crippen molar-refractivity contribution in [3.05, 3.63) is 64.6 Å². The van der Waals surface area contributed by atoms with Gasteiger partial charge in [-0.15, -0.1) is 0 Å². The summed E-state index contributed by atoms with van der Waals surface area (Å²) in [6.45, 7) is 0. The molecule has 0 saturated heterocycles. The van der Waals surface area contributed by atoms with Crippen LogP contribution in [0.5, 0.6) is 5.75 Å². The van der Waals surface area contributed by atoms with E-state index in [0.717, 1.165) is 26.9 Å². The zero-order valence-electron chi connectivity index (χ0n) is 13.0. The molecule has 2 N–H and O–H groups in total. The lowest BCUT2D eigenvalue weighted by molar-refractivity contribution is 0.415. The number of hydrogen-bond donors (Lipinski definition) is 1. The van der Waals surface area contributed by atoms with Crippen LogP contribution in [-0.4, -0.2) is 12.1 Å². The third-order valence-electron chi connectivity index (χ3n) is 3.68. The summed E-state index contributed by atoms with van der Waals surface area (Å²) in [6, 6.07) is 19.4. The average molecular weight is 380 g/mol.